The molecule has 284 valence electrons. The first-order valence-electron chi connectivity index (χ1n) is 19.3. The molecule has 0 aliphatic carbocycles. The van der Waals surface area contributed by atoms with Gasteiger partial charge in [-0.2, -0.15) is 0 Å². The SMILES string of the molecule is CCCCC/C=C\CCCCCCCC(=O)NC(COP(=O)(O)OCC[N+](C)(C)C)C(O)C(O)CCC/C=C/CCCCCCCCC. The summed E-state index contributed by atoms with van der Waals surface area (Å²) in [4.78, 5) is 23.0. The summed E-state index contributed by atoms with van der Waals surface area (Å²) in [6.45, 7) is 4.51. The Bertz CT molecular complexity index is 862. The van der Waals surface area contributed by atoms with Crippen LogP contribution >= 0.6 is 7.82 Å². The second-order valence-corrected chi connectivity index (χ2v) is 15.9. The minimum absolute atomic E-state index is 0.0151. The Labute approximate surface area is 295 Å². The molecule has 0 radical (unpaired) electrons. The fourth-order valence-electron chi connectivity index (χ4n) is 5.31. The summed E-state index contributed by atoms with van der Waals surface area (Å²) in [5.74, 6) is -0.281. The van der Waals surface area contributed by atoms with Gasteiger partial charge in [0.25, 0.3) is 0 Å². The van der Waals surface area contributed by atoms with Gasteiger partial charge in [0.1, 0.15) is 19.3 Å². The molecular formula is C38H76N2O7P+. The number of quaternary nitrogens is 1. The molecule has 0 saturated heterocycles. The molecule has 0 aromatic rings. The molecule has 0 spiro atoms. The van der Waals surface area contributed by atoms with Gasteiger partial charge in [0.15, 0.2) is 0 Å². The van der Waals surface area contributed by atoms with E-state index in [0.717, 1.165) is 51.4 Å². The molecule has 0 aliphatic heterocycles. The zero-order valence-electron chi connectivity index (χ0n) is 31.6. The number of carbonyl (C=O) groups is 1. The number of hydrogen-bond donors (Lipinski definition) is 4. The van der Waals surface area contributed by atoms with Gasteiger partial charge in [-0.15, -0.1) is 0 Å². The Morgan fingerprint density at radius 3 is 1.71 bits per heavy atom. The van der Waals surface area contributed by atoms with Crippen LogP contribution in [0.1, 0.15) is 155 Å². The normalized spacial score (nSPS) is 15.6. The molecule has 1 amide bonds. The van der Waals surface area contributed by atoms with Gasteiger partial charge in [-0.25, -0.2) is 4.57 Å². The summed E-state index contributed by atoms with van der Waals surface area (Å²) in [7, 11) is 1.41. The van der Waals surface area contributed by atoms with Gasteiger partial charge >= 0.3 is 7.82 Å². The average Bonchev–Trinajstić information content (AvgIpc) is 3.02. The molecule has 9 nitrogen and oxygen atoms in total. The van der Waals surface area contributed by atoms with E-state index in [1.165, 1.54) is 64.2 Å². The maximum atomic E-state index is 12.8. The molecule has 4 unspecified atom stereocenters. The van der Waals surface area contributed by atoms with Crippen molar-refractivity contribution in [2.45, 2.75) is 173 Å². The molecule has 48 heavy (non-hydrogen) atoms. The molecule has 4 N–H and O–H groups in total. The van der Waals surface area contributed by atoms with Crippen LogP contribution in [0.4, 0.5) is 0 Å². The van der Waals surface area contributed by atoms with Crippen LogP contribution in [0.5, 0.6) is 0 Å². The maximum Gasteiger partial charge on any atom is 0.472 e. The third kappa shape index (κ3) is 31.0. The third-order valence-corrected chi connectivity index (χ3v) is 9.50. The highest BCUT2D eigenvalue weighted by Gasteiger charge is 2.31. The van der Waals surface area contributed by atoms with E-state index in [0.29, 0.717) is 30.3 Å². The molecule has 0 heterocycles. The number of allylic oxidation sites excluding steroid dienone is 4. The number of carbonyl (C=O) groups excluding carboxylic acids is 1. The number of phosphoric ester groups is 1. The van der Waals surface area contributed by atoms with Crippen molar-refractivity contribution in [3.63, 3.8) is 0 Å². The fourth-order valence-corrected chi connectivity index (χ4v) is 6.05. The smallest absolute Gasteiger partial charge is 0.390 e. The van der Waals surface area contributed by atoms with Gasteiger partial charge < -0.3 is 24.9 Å². The van der Waals surface area contributed by atoms with Gasteiger partial charge in [0, 0.05) is 6.42 Å². The third-order valence-electron chi connectivity index (χ3n) is 8.51. The van der Waals surface area contributed by atoms with Crippen LogP contribution in [-0.2, 0) is 18.4 Å². The molecule has 0 rings (SSSR count). The summed E-state index contributed by atoms with van der Waals surface area (Å²) >= 11 is 0. The molecule has 0 aliphatic rings. The fraction of sp³-hybridized carbons (Fsp3) is 0.868. The number of unbranched alkanes of at least 4 members (excludes halogenated alkanes) is 16. The van der Waals surface area contributed by atoms with Crippen LogP contribution in [-0.4, -0.2) is 84.6 Å². The number of aliphatic hydroxyl groups excluding tert-OH is 2. The van der Waals surface area contributed by atoms with Crippen molar-refractivity contribution in [3.8, 4) is 0 Å². The van der Waals surface area contributed by atoms with Crippen LogP contribution in [0.2, 0.25) is 0 Å². The van der Waals surface area contributed by atoms with Gasteiger partial charge in [-0.1, -0.05) is 109 Å². The first-order chi connectivity index (χ1) is 22.9. The lowest BCUT2D eigenvalue weighted by Crippen LogP contribution is -2.51. The van der Waals surface area contributed by atoms with Crippen LogP contribution in [0.15, 0.2) is 24.3 Å². The average molecular weight is 704 g/mol. The number of hydrogen-bond acceptors (Lipinski definition) is 6. The second-order valence-electron chi connectivity index (χ2n) is 14.4. The Morgan fingerprint density at radius 2 is 1.17 bits per heavy atom. The van der Waals surface area contributed by atoms with Gasteiger partial charge in [0.05, 0.1) is 39.9 Å². The van der Waals surface area contributed by atoms with Crippen LogP contribution in [0.3, 0.4) is 0 Å². The van der Waals surface area contributed by atoms with E-state index >= 15 is 0 Å². The molecule has 0 saturated carbocycles. The predicted molar refractivity (Wildman–Crippen MR) is 200 cm³/mol. The highest BCUT2D eigenvalue weighted by atomic mass is 31.2. The zero-order valence-corrected chi connectivity index (χ0v) is 32.5. The Morgan fingerprint density at radius 1 is 0.708 bits per heavy atom. The lowest BCUT2D eigenvalue weighted by atomic mass is 10.0. The van der Waals surface area contributed by atoms with Crippen molar-refractivity contribution in [1.29, 1.82) is 0 Å². The Hall–Kier alpha value is -1.06. The zero-order chi connectivity index (χ0) is 35.9. The van der Waals surface area contributed by atoms with Gasteiger partial charge in [-0.3, -0.25) is 13.8 Å². The Balaban J connectivity index is 4.69. The van der Waals surface area contributed by atoms with E-state index in [1.54, 1.807) is 0 Å². The summed E-state index contributed by atoms with van der Waals surface area (Å²) in [6.07, 6.45) is 29.5. The van der Waals surface area contributed by atoms with E-state index in [2.05, 4.69) is 43.5 Å². The van der Waals surface area contributed by atoms with Crippen LogP contribution in [0, 0.1) is 0 Å². The molecule has 0 aromatic carbocycles. The topological polar surface area (TPSA) is 125 Å². The quantitative estimate of drug-likeness (QED) is 0.0229. The van der Waals surface area contributed by atoms with E-state index in [-0.39, 0.29) is 18.9 Å². The number of phosphoric acid groups is 1. The number of likely N-dealkylation sites (N-methyl/N-ethyl adjacent to an activating group) is 1. The first kappa shape index (κ1) is 46.9. The number of amides is 1. The van der Waals surface area contributed by atoms with Gasteiger partial charge in [-0.05, 0) is 64.2 Å². The minimum atomic E-state index is -4.41. The molecule has 0 aromatic heterocycles. The van der Waals surface area contributed by atoms with Crippen molar-refractivity contribution in [3.05, 3.63) is 24.3 Å². The standard InChI is InChI=1S/C38H75N2O7P/c1-6-8-10-12-14-16-18-20-22-24-26-28-30-36(41)38(43)35(34-47-48(44,45)46-33-32-40(3,4)5)39-37(42)31-29-27-25-23-21-19-17-15-13-11-9-7-2/h15,17,22,24,35-36,38,41,43H,6-14,16,18-21,23,25-34H2,1-5H3,(H-,39,42,44,45)/p+1/b17-15-,24-22+. The van der Waals surface area contributed by atoms with Crippen molar-refractivity contribution >= 4 is 13.7 Å². The van der Waals surface area contributed by atoms with E-state index in [1.807, 2.05) is 21.1 Å². The number of aliphatic hydroxyl groups is 2. The lowest BCUT2D eigenvalue weighted by Gasteiger charge is -2.28. The summed E-state index contributed by atoms with van der Waals surface area (Å²) < 4.78 is 23.4. The predicted octanol–water partition coefficient (Wildman–Crippen LogP) is 8.77. The molecule has 0 bridgehead atoms. The van der Waals surface area contributed by atoms with E-state index in [4.69, 9.17) is 9.05 Å². The summed E-state index contributed by atoms with van der Waals surface area (Å²) in [5, 5.41) is 24.5. The van der Waals surface area contributed by atoms with E-state index < -0.39 is 32.7 Å². The number of nitrogens with zero attached hydrogens (tertiary/aromatic N) is 1. The van der Waals surface area contributed by atoms with Crippen molar-refractivity contribution < 1.29 is 38.0 Å². The van der Waals surface area contributed by atoms with Crippen molar-refractivity contribution in [2.24, 2.45) is 0 Å². The largest absolute Gasteiger partial charge is 0.472 e. The number of nitrogens with one attached hydrogen (secondary N) is 1. The van der Waals surface area contributed by atoms with Crippen LogP contribution in [0.25, 0.3) is 0 Å². The molecular weight excluding hydrogens is 627 g/mol. The monoisotopic (exact) mass is 704 g/mol. The second kappa shape index (κ2) is 30.7. The lowest BCUT2D eigenvalue weighted by molar-refractivity contribution is -0.870. The summed E-state index contributed by atoms with van der Waals surface area (Å²) in [5.41, 5.74) is 0. The maximum absolute atomic E-state index is 12.8. The molecule has 10 heteroatoms. The van der Waals surface area contributed by atoms with E-state index in [9.17, 15) is 24.5 Å². The molecule has 0 fully saturated rings. The highest BCUT2D eigenvalue weighted by molar-refractivity contribution is 7.47. The van der Waals surface area contributed by atoms with Crippen molar-refractivity contribution in [2.75, 3.05) is 40.9 Å². The Kier molecular flexibility index (Phi) is 30.1. The van der Waals surface area contributed by atoms with Gasteiger partial charge in [0.2, 0.25) is 5.91 Å². The number of rotatable bonds is 34. The van der Waals surface area contributed by atoms with Crippen molar-refractivity contribution in [1.82, 2.24) is 5.32 Å². The highest BCUT2D eigenvalue weighted by Crippen LogP contribution is 2.43. The summed E-state index contributed by atoms with van der Waals surface area (Å²) in [6, 6.07) is -1.05. The first-order valence-corrected chi connectivity index (χ1v) is 20.8. The molecule has 4 atom stereocenters. The van der Waals surface area contributed by atoms with Crippen LogP contribution < -0.4 is 5.32 Å². The minimum Gasteiger partial charge on any atom is -0.390 e.